The van der Waals surface area contributed by atoms with Gasteiger partial charge in [0.2, 0.25) is 5.91 Å². The Morgan fingerprint density at radius 1 is 1.00 bits per heavy atom. The van der Waals surface area contributed by atoms with Crippen LogP contribution in [0.2, 0.25) is 0 Å². The Hall–Kier alpha value is -1.65. The Bertz CT molecular complexity index is 618. The summed E-state index contributed by atoms with van der Waals surface area (Å²) in [5.41, 5.74) is 2.16. The predicted molar refractivity (Wildman–Crippen MR) is 91.2 cm³/mol. The number of thioether (sulfide) groups is 1. The molecular formula is C17H15NOS2. The summed E-state index contributed by atoms with van der Waals surface area (Å²) >= 11 is 6.90. The van der Waals surface area contributed by atoms with E-state index in [1.54, 1.807) is 4.90 Å². The highest BCUT2D eigenvalue weighted by Crippen LogP contribution is 2.37. The number of carbonyl (C=O) groups is 1. The van der Waals surface area contributed by atoms with Gasteiger partial charge in [0.25, 0.3) is 0 Å². The van der Waals surface area contributed by atoms with Crippen LogP contribution in [-0.2, 0) is 4.79 Å². The molecule has 1 atom stereocenters. The SMILES string of the molecule is CC1SC(=S)N(C(c2ccccc2)c2ccccc2)C1=O. The molecule has 4 heteroatoms. The summed E-state index contributed by atoms with van der Waals surface area (Å²) in [5.74, 6) is 0.0858. The third-order valence-corrected chi connectivity index (χ3v) is 4.99. The molecule has 1 amide bonds. The highest BCUT2D eigenvalue weighted by atomic mass is 32.2. The van der Waals surface area contributed by atoms with Crippen molar-refractivity contribution < 1.29 is 4.79 Å². The number of benzene rings is 2. The van der Waals surface area contributed by atoms with Gasteiger partial charge < -0.3 is 0 Å². The quantitative estimate of drug-likeness (QED) is 0.798. The van der Waals surface area contributed by atoms with Gasteiger partial charge in [-0.2, -0.15) is 0 Å². The molecule has 1 unspecified atom stereocenters. The zero-order valence-corrected chi connectivity index (χ0v) is 13.2. The zero-order chi connectivity index (χ0) is 14.8. The molecule has 0 spiro atoms. The average molecular weight is 313 g/mol. The Morgan fingerprint density at radius 2 is 1.48 bits per heavy atom. The third-order valence-electron chi connectivity index (χ3n) is 3.55. The molecule has 0 N–H and O–H groups in total. The first-order chi connectivity index (χ1) is 10.2. The van der Waals surface area contributed by atoms with Crippen molar-refractivity contribution in [1.29, 1.82) is 0 Å². The summed E-state index contributed by atoms with van der Waals surface area (Å²) in [6, 6.07) is 19.9. The molecule has 2 nitrogen and oxygen atoms in total. The van der Waals surface area contributed by atoms with Crippen molar-refractivity contribution in [3.63, 3.8) is 0 Å². The number of nitrogens with zero attached hydrogens (tertiary/aromatic N) is 1. The van der Waals surface area contributed by atoms with Gasteiger partial charge in [-0.1, -0.05) is 84.6 Å². The maximum atomic E-state index is 12.5. The lowest BCUT2D eigenvalue weighted by atomic mass is 9.97. The molecule has 0 radical (unpaired) electrons. The topological polar surface area (TPSA) is 20.3 Å². The maximum absolute atomic E-state index is 12.5. The molecule has 1 aliphatic rings. The van der Waals surface area contributed by atoms with Crippen LogP contribution < -0.4 is 0 Å². The molecular weight excluding hydrogens is 298 g/mol. The van der Waals surface area contributed by atoms with E-state index < -0.39 is 0 Å². The third kappa shape index (κ3) is 2.74. The zero-order valence-electron chi connectivity index (χ0n) is 11.6. The molecule has 0 bridgehead atoms. The van der Waals surface area contributed by atoms with Crippen molar-refractivity contribution in [3.05, 3.63) is 71.8 Å². The van der Waals surface area contributed by atoms with E-state index in [1.165, 1.54) is 11.8 Å². The lowest BCUT2D eigenvalue weighted by molar-refractivity contribution is -0.126. The number of carbonyl (C=O) groups excluding carboxylic acids is 1. The van der Waals surface area contributed by atoms with Gasteiger partial charge in [-0.05, 0) is 18.1 Å². The van der Waals surface area contributed by atoms with Gasteiger partial charge in [0.15, 0.2) is 0 Å². The molecule has 3 rings (SSSR count). The van der Waals surface area contributed by atoms with Crippen LogP contribution in [0, 0.1) is 0 Å². The number of hydrogen-bond donors (Lipinski definition) is 0. The van der Waals surface area contributed by atoms with Crippen LogP contribution in [0.5, 0.6) is 0 Å². The first-order valence-electron chi connectivity index (χ1n) is 6.82. The van der Waals surface area contributed by atoms with Crippen molar-refractivity contribution in [2.75, 3.05) is 0 Å². The van der Waals surface area contributed by atoms with Gasteiger partial charge >= 0.3 is 0 Å². The molecule has 106 valence electrons. The Labute approximate surface area is 134 Å². The highest BCUT2D eigenvalue weighted by molar-refractivity contribution is 8.24. The van der Waals surface area contributed by atoms with Crippen LogP contribution in [0.3, 0.4) is 0 Å². The summed E-state index contributed by atoms with van der Waals surface area (Å²) < 4.78 is 0.658. The molecule has 0 saturated carbocycles. The van der Waals surface area contributed by atoms with E-state index in [9.17, 15) is 4.79 Å². The van der Waals surface area contributed by atoms with Crippen molar-refractivity contribution in [2.24, 2.45) is 0 Å². The normalized spacial score (nSPS) is 18.6. The second-order valence-corrected chi connectivity index (χ2v) is 6.93. The maximum Gasteiger partial charge on any atom is 0.242 e. The second kappa shape index (κ2) is 6.00. The lowest BCUT2D eigenvalue weighted by Crippen LogP contribution is -2.35. The van der Waals surface area contributed by atoms with Gasteiger partial charge in [-0.15, -0.1) is 0 Å². The van der Waals surface area contributed by atoms with Crippen LogP contribution in [0.15, 0.2) is 60.7 Å². The van der Waals surface area contributed by atoms with E-state index in [0.717, 1.165) is 11.1 Å². The number of thiocarbonyl (C=S) groups is 1. The van der Waals surface area contributed by atoms with Gasteiger partial charge in [-0.3, -0.25) is 9.69 Å². The van der Waals surface area contributed by atoms with Crippen LogP contribution in [0.1, 0.15) is 24.1 Å². The standard InChI is InChI=1S/C17H15NOS2/c1-12-16(19)18(17(20)21-12)15(13-8-4-2-5-9-13)14-10-6-3-7-11-14/h2-12,15H,1H3. The van der Waals surface area contributed by atoms with Gasteiger partial charge in [0, 0.05) is 0 Å². The molecule has 0 aliphatic carbocycles. The summed E-state index contributed by atoms with van der Waals surface area (Å²) in [7, 11) is 0. The average Bonchev–Trinajstić information content (AvgIpc) is 2.76. The number of rotatable bonds is 3. The van der Waals surface area contributed by atoms with Gasteiger partial charge in [-0.25, -0.2) is 0 Å². The lowest BCUT2D eigenvalue weighted by Gasteiger charge is -2.28. The number of hydrogen-bond acceptors (Lipinski definition) is 3. The van der Waals surface area contributed by atoms with E-state index in [0.29, 0.717) is 4.32 Å². The molecule has 2 aromatic carbocycles. The smallest absolute Gasteiger partial charge is 0.242 e. The van der Waals surface area contributed by atoms with Crippen LogP contribution >= 0.6 is 24.0 Å². The van der Waals surface area contributed by atoms with Gasteiger partial charge in [0.05, 0.1) is 11.3 Å². The van der Waals surface area contributed by atoms with Gasteiger partial charge in [0.1, 0.15) is 4.32 Å². The fourth-order valence-electron chi connectivity index (χ4n) is 2.54. The second-order valence-electron chi connectivity index (χ2n) is 4.96. The molecule has 0 aromatic heterocycles. The molecule has 1 fully saturated rings. The van der Waals surface area contributed by atoms with Crippen LogP contribution in [-0.4, -0.2) is 20.4 Å². The Morgan fingerprint density at radius 3 is 1.86 bits per heavy atom. The predicted octanol–water partition coefficient (Wildman–Crippen LogP) is 4.02. The van der Waals surface area contributed by atoms with E-state index in [2.05, 4.69) is 0 Å². The first kappa shape index (κ1) is 14.3. The largest absolute Gasteiger partial charge is 0.285 e. The Balaban J connectivity index is 2.09. The minimum Gasteiger partial charge on any atom is -0.285 e. The van der Waals surface area contributed by atoms with Crippen molar-refractivity contribution >= 4 is 34.2 Å². The van der Waals surface area contributed by atoms with Crippen molar-refractivity contribution in [3.8, 4) is 0 Å². The van der Waals surface area contributed by atoms with E-state index in [4.69, 9.17) is 12.2 Å². The van der Waals surface area contributed by atoms with E-state index in [-0.39, 0.29) is 17.2 Å². The summed E-state index contributed by atoms with van der Waals surface area (Å²) in [5, 5.41) is -0.104. The fourth-order valence-corrected chi connectivity index (χ4v) is 3.99. The summed E-state index contributed by atoms with van der Waals surface area (Å²) in [6.45, 7) is 1.91. The van der Waals surface area contributed by atoms with E-state index in [1.807, 2.05) is 67.6 Å². The van der Waals surface area contributed by atoms with Crippen molar-refractivity contribution in [2.45, 2.75) is 18.2 Å². The number of amides is 1. The van der Waals surface area contributed by atoms with E-state index >= 15 is 0 Å². The molecule has 1 aliphatic heterocycles. The summed E-state index contributed by atoms with van der Waals surface area (Å²) in [6.07, 6.45) is 0. The minimum absolute atomic E-state index is 0.0858. The molecule has 1 heterocycles. The molecule has 1 saturated heterocycles. The minimum atomic E-state index is -0.148. The van der Waals surface area contributed by atoms with Crippen LogP contribution in [0.25, 0.3) is 0 Å². The van der Waals surface area contributed by atoms with Crippen molar-refractivity contribution in [1.82, 2.24) is 4.90 Å². The highest BCUT2D eigenvalue weighted by Gasteiger charge is 2.39. The first-order valence-corrected chi connectivity index (χ1v) is 8.11. The van der Waals surface area contributed by atoms with Crippen LogP contribution in [0.4, 0.5) is 0 Å². The monoisotopic (exact) mass is 313 g/mol. The Kier molecular flexibility index (Phi) is 4.08. The summed E-state index contributed by atoms with van der Waals surface area (Å²) in [4.78, 5) is 14.3. The molecule has 21 heavy (non-hydrogen) atoms. The fraction of sp³-hybridized carbons (Fsp3) is 0.176. The molecule has 2 aromatic rings.